The molecular weight excluding hydrogens is 336 g/mol. The molecule has 2 rings (SSSR count). The van der Waals surface area contributed by atoms with E-state index < -0.39 is 0 Å². The van der Waals surface area contributed by atoms with Gasteiger partial charge in [0.25, 0.3) is 0 Å². The Hall–Kier alpha value is -0.980. The summed E-state index contributed by atoms with van der Waals surface area (Å²) < 4.78 is 10.5. The van der Waals surface area contributed by atoms with Crippen LogP contribution in [0.5, 0.6) is 5.75 Å². The standard InChI is InChI=1S/C16H18O3S3/c1-3-15(17)19-8-9-20-10-14-11-21-16(22-14)12-4-6-13(18-2)7-5-12/h3-7,11,16H,1,8-10H2,2H3. The Kier molecular flexibility index (Phi) is 7.29. The predicted molar refractivity (Wildman–Crippen MR) is 97.5 cm³/mol. The number of ether oxygens (including phenoxy) is 2. The number of benzene rings is 1. The molecule has 0 aliphatic carbocycles. The SMILES string of the molecule is C=CC(=O)OCCSCC1=CSC(c2ccc(OC)cc2)S1. The molecule has 0 N–H and O–H groups in total. The van der Waals surface area contributed by atoms with Gasteiger partial charge < -0.3 is 9.47 Å². The Morgan fingerprint density at radius 1 is 1.41 bits per heavy atom. The minimum Gasteiger partial charge on any atom is -0.497 e. The summed E-state index contributed by atoms with van der Waals surface area (Å²) in [4.78, 5) is 12.3. The van der Waals surface area contributed by atoms with Gasteiger partial charge in [-0.15, -0.1) is 23.5 Å². The van der Waals surface area contributed by atoms with Gasteiger partial charge in [-0.2, -0.15) is 11.8 Å². The van der Waals surface area contributed by atoms with Gasteiger partial charge in [0.15, 0.2) is 0 Å². The first-order valence-corrected chi connectivity index (χ1v) is 9.72. The normalized spacial score (nSPS) is 17.0. The third-order valence-corrected chi connectivity index (χ3v) is 6.77. The number of hydrogen-bond donors (Lipinski definition) is 0. The number of hydrogen-bond acceptors (Lipinski definition) is 6. The number of rotatable bonds is 8. The van der Waals surface area contributed by atoms with Crippen LogP contribution in [-0.2, 0) is 9.53 Å². The topological polar surface area (TPSA) is 35.5 Å². The van der Waals surface area contributed by atoms with Crippen LogP contribution in [0.25, 0.3) is 0 Å². The molecule has 0 amide bonds. The van der Waals surface area contributed by atoms with Gasteiger partial charge in [0.05, 0.1) is 11.7 Å². The van der Waals surface area contributed by atoms with E-state index in [1.807, 2.05) is 35.7 Å². The first-order valence-electron chi connectivity index (χ1n) is 6.75. The molecule has 0 spiro atoms. The van der Waals surface area contributed by atoms with E-state index in [1.54, 1.807) is 18.9 Å². The number of carbonyl (C=O) groups is 1. The van der Waals surface area contributed by atoms with Crippen molar-refractivity contribution < 1.29 is 14.3 Å². The molecule has 0 radical (unpaired) electrons. The van der Waals surface area contributed by atoms with Crippen LogP contribution in [0.2, 0.25) is 0 Å². The monoisotopic (exact) mass is 354 g/mol. The van der Waals surface area contributed by atoms with Crippen LogP contribution < -0.4 is 4.74 Å². The Balaban J connectivity index is 1.68. The van der Waals surface area contributed by atoms with Crippen molar-refractivity contribution in [3.8, 4) is 5.75 Å². The van der Waals surface area contributed by atoms with Crippen LogP contribution in [0.15, 0.2) is 47.2 Å². The van der Waals surface area contributed by atoms with Crippen molar-refractivity contribution in [2.24, 2.45) is 0 Å². The average Bonchev–Trinajstić information content (AvgIpc) is 3.03. The van der Waals surface area contributed by atoms with Crippen LogP contribution in [0, 0.1) is 0 Å². The van der Waals surface area contributed by atoms with Gasteiger partial charge in [0.2, 0.25) is 0 Å². The van der Waals surface area contributed by atoms with E-state index in [0.29, 0.717) is 11.2 Å². The zero-order valence-corrected chi connectivity index (χ0v) is 14.8. The zero-order chi connectivity index (χ0) is 15.8. The van der Waals surface area contributed by atoms with Crippen LogP contribution in [0.1, 0.15) is 10.1 Å². The van der Waals surface area contributed by atoms with Gasteiger partial charge in [-0.25, -0.2) is 4.79 Å². The number of carbonyl (C=O) groups excluding carboxylic acids is 1. The summed E-state index contributed by atoms with van der Waals surface area (Å²) in [6, 6.07) is 8.22. The van der Waals surface area contributed by atoms with Crippen LogP contribution in [0.4, 0.5) is 0 Å². The molecule has 0 aromatic heterocycles. The summed E-state index contributed by atoms with van der Waals surface area (Å²) in [6.07, 6.45) is 1.19. The second-order valence-electron chi connectivity index (χ2n) is 4.37. The third-order valence-electron chi connectivity index (χ3n) is 2.85. The minimum atomic E-state index is -0.356. The maximum absolute atomic E-state index is 10.9. The summed E-state index contributed by atoms with van der Waals surface area (Å²) in [5.74, 6) is 2.28. The molecule has 6 heteroatoms. The van der Waals surface area contributed by atoms with Crippen molar-refractivity contribution in [2.45, 2.75) is 4.58 Å². The fourth-order valence-electron chi connectivity index (χ4n) is 1.74. The van der Waals surface area contributed by atoms with E-state index in [4.69, 9.17) is 9.47 Å². The summed E-state index contributed by atoms with van der Waals surface area (Å²) in [5.41, 5.74) is 1.30. The lowest BCUT2D eigenvalue weighted by Crippen LogP contribution is -2.04. The van der Waals surface area contributed by atoms with Gasteiger partial charge in [-0.1, -0.05) is 18.7 Å². The van der Waals surface area contributed by atoms with E-state index in [0.717, 1.165) is 17.3 Å². The second kappa shape index (κ2) is 9.22. The molecule has 0 bridgehead atoms. The quantitative estimate of drug-likeness (QED) is 0.389. The van der Waals surface area contributed by atoms with E-state index in [1.165, 1.54) is 16.5 Å². The molecule has 0 saturated heterocycles. The molecule has 0 fully saturated rings. The second-order valence-corrected chi connectivity index (χ2v) is 7.98. The first kappa shape index (κ1) is 17.4. The van der Waals surface area contributed by atoms with Crippen molar-refractivity contribution >= 4 is 41.3 Å². The highest BCUT2D eigenvalue weighted by molar-refractivity contribution is 8.22. The Bertz CT molecular complexity index is 540. The number of esters is 1. The molecule has 0 saturated carbocycles. The van der Waals surface area contributed by atoms with Gasteiger partial charge in [-0.05, 0) is 23.1 Å². The lowest BCUT2D eigenvalue weighted by Gasteiger charge is -2.10. The molecule has 1 aromatic carbocycles. The van der Waals surface area contributed by atoms with Crippen molar-refractivity contribution in [3.63, 3.8) is 0 Å². The van der Waals surface area contributed by atoms with E-state index in [2.05, 4.69) is 24.1 Å². The highest BCUT2D eigenvalue weighted by Crippen LogP contribution is 2.51. The summed E-state index contributed by atoms with van der Waals surface area (Å²) in [6.45, 7) is 3.80. The molecule has 1 aliphatic rings. The molecule has 1 atom stereocenters. The maximum Gasteiger partial charge on any atom is 0.330 e. The van der Waals surface area contributed by atoms with Gasteiger partial charge in [-0.3, -0.25) is 0 Å². The van der Waals surface area contributed by atoms with Gasteiger partial charge in [0, 0.05) is 22.5 Å². The lowest BCUT2D eigenvalue weighted by molar-refractivity contribution is -0.137. The van der Waals surface area contributed by atoms with Crippen molar-refractivity contribution in [3.05, 3.63) is 52.8 Å². The average molecular weight is 355 g/mol. The van der Waals surface area contributed by atoms with Crippen molar-refractivity contribution in [1.29, 1.82) is 0 Å². The van der Waals surface area contributed by atoms with Crippen LogP contribution in [-0.4, -0.2) is 31.2 Å². The van der Waals surface area contributed by atoms with E-state index >= 15 is 0 Å². The molecule has 3 nitrogen and oxygen atoms in total. The summed E-state index contributed by atoms with van der Waals surface area (Å²) in [5, 5.41) is 2.22. The minimum absolute atomic E-state index is 0.356. The number of thioether (sulfide) groups is 3. The molecule has 1 aromatic rings. The third kappa shape index (κ3) is 5.34. The van der Waals surface area contributed by atoms with E-state index in [9.17, 15) is 4.79 Å². The van der Waals surface area contributed by atoms with Gasteiger partial charge in [0.1, 0.15) is 12.4 Å². The largest absolute Gasteiger partial charge is 0.497 e. The highest BCUT2D eigenvalue weighted by Gasteiger charge is 2.20. The molecule has 1 heterocycles. The fourth-order valence-corrected chi connectivity index (χ4v) is 5.39. The highest BCUT2D eigenvalue weighted by atomic mass is 32.2. The zero-order valence-electron chi connectivity index (χ0n) is 12.3. The first-order chi connectivity index (χ1) is 10.7. The molecular formula is C16H18O3S3. The Labute approximate surface area is 143 Å². The summed E-state index contributed by atoms with van der Waals surface area (Å²) in [7, 11) is 1.68. The molecule has 1 unspecified atom stereocenters. The van der Waals surface area contributed by atoms with Crippen molar-refractivity contribution in [1.82, 2.24) is 0 Å². The Morgan fingerprint density at radius 3 is 2.86 bits per heavy atom. The van der Waals surface area contributed by atoms with Gasteiger partial charge >= 0.3 is 5.97 Å². The Morgan fingerprint density at radius 2 is 2.18 bits per heavy atom. The fraction of sp³-hybridized carbons (Fsp3) is 0.312. The molecule has 1 aliphatic heterocycles. The van der Waals surface area contributed by atoms with Crippen LogP contribution in [0.3, 0.4) is 0 Å². The van der Waals surface area contributed by atoms with Crippen molar-refractivity contribution in [2.75, 3.05) is 25.2 Å². The molecule has 22 heavy (non-hydrogen) atoms. The summed E-state index contributed by atoms with van der Waals surface area (Å²) >= 11 is 5.49. The lowest BCUT2D eigenvalue weighted by atomic mass is 10.2. The smallest absolute Gasteiger partial charge is 0.330 e. The van der Waals surface area contributed by atoms with Crippen LogP contribution >= 0.6 is 35.3 Å². The predicted octanol–water partition coefficient (Wildman–Crippen LogP) is 4.48. The molecule has 118 valence electrons. The maximum atomic E-state index is 10.9. The van der Waals surface area contributed by atoms with E-state index in [-0.39, 0.29) is 5.97 Å². The number of methoxy groups -OCH3 is 1.